The van der Waals surface area contributed by atoms with E-state index in [0.29, 0.717) is 18.7 Å². The van der Waals surface area contributed by atoms with Crippen molar-refractivity contribution in [1.82, 2.24) is 4.90 Å². The van der Waals surface area contributed by atoms with Gasteiger partial charge in [-0.3, -0.25) is 4.79 Å². The Morgan fingerprint density at radius 1 is 1.14 bits per heavy atom. The molecule has 2 aromatic rings. The number of urea groups is 1. The van der Waals surface area contributed by atoms with Crippen molar-refractivity contribution in [3.05, 3.63) is 59.7 Å². The number of carbonyl (C=O) groups is 2. The van der Waals surface area contributed by atoms with Crippen molar-refractivity contribution in [2.45, 2.75) is 20.5 Å². The Balaban J connectivity index is 1.60. The predicted octanol–water partition coefficient (Wildman–Crippen LogP) is 4.23. The first-order valence-electron chi connectivity index (χ1n) is 9.10. The van der Waals surface area contributed by atoms with Crippen molar-refractivity contribution in [1.29, 1.82) is 0 Å². The van der Waals surface area contributed by atoms with Gasteiger partial charge in [0.25, 0.3) is 0 Å². The molecule has 1 aliphatic heterocycles. The first kappa shape index (κ1) is 19.8. The molecule has 1 N–H and O–H groups in total. The van der Waals surface area contributed by atoms with Gasteiger partial charge in [0, 0.05) is 36.7 Å². The van der Waals surface area contributed by atoms with Gasteiger partial charge in [0.2, 0.25) is 0 Å². The molecular formula is C21H22F2N2O3. The number of halogens is 2. The standard InChI is InChI=1S/C21H22F2N2O3/c1-13-10-25(11-14(2)20(13)26)21(27)24-17-6-7-19(18(23)9-17)28-12-15-4-3-5-16(22)8-15/h3-9,13-14H,10-12H2,1-2H3,(H,24,27)/t13-,14-/m1/s1. The molecule has 1 heterocycles. The molecule has 148 valence electrons. The predicted molar refractivity (Wildman–Crippen MR) is 101 cm³/mol. The van der Waals surface area contributed by atoms with Gasteiger partial charge in [0.1, 0.15) is 18.2 Å². The number of ketones is 1. The molecule has 2 aromatic carbocycles. The third-order valence-corrected chi connectivity index (χ3v) is 4.71. The summed E-state index contributed by atoms with van der Waals surface area (Å²) in [6.45, 7) is 4.29. The van der Waals surface area contributed by atoms with Crippen molar-refractivity contribution in [3.8, 4) is 5.75 Å². The Morgan fingerprint density at radius 3 is 2.50 bits per heavy atom. The largest absolute Gasteiger partial charge is 0.486 e. The quantitative estimate of drug-likeness (QED) is 0.853. The Hall–Kier alpha value is -2.96. The van der Waals surface area contributed by atoms with Crippen LogP contribution in [0, 0.1) is 23.5 Å². The second-order valence-corrected chi connectivity index (χ2v) is 7.10. The fraction of sp³-hybridized carbons (Fsp3) is 0.333. The molecule has 0 aromatic heterocycles. The fourth-order valence-corrected chi connectivity index (χ4v) is 3.25. The Labute approximate surface area is 162 Å². The number of nitrogens with zero attached hydrogens (tertiary/aromatic N) is 1. The van der Waals surface area contributed by atoms with Crippen LogP contribution in [0.4, 0.5) is 19.3 Å². The summed E-state index contributed by atoms with van der Waals surface area (Å²) >= 11 is 0. The minimum atomic E-state index is -0.634. The van der Waals surface area contributed by atoms with Gasteiger partial charge < -0.3 is 15.0 Å². The van der Waals surface area contributed by atoms with Crippen LogP contribution in [0.25, 0.3) is 0 Å². The van der Waals surface area contributed by atoms with E-state index in [-0.39, 0.29) is 47.5 Å². The number of likely N-dealkylation sites (tertiary alicyclic amines) is 1. The van der Waals surface area contributed by atoms with Gasteiger partial charge in [0.05, 0.1) is 0 Å². The maximum atomic E-state index is 14.3. The molecule has 1 aliphatic rings. The number of Topliss-reactive ketones (excluding diaryl/α,β-unsaturated/α-hetero) is 1. The molecule has 2 atom stereocenters. The van der Waals surface area contributed by atoms with E-state index in [9.17, 15) is 18.4 Å². The lowest BCUT2D eigenvalue weighted by molar-refractivity contribution is -0.129. The lowest BCUT2D eigenvalue weighted by Gasteiger charge is -2.33. The van der Waals surface area contributed by atoms with Crippen LogP contribution in [0.2, 0.25) is 0 Å². The summed E-state index contributed by atoms with van der Waals surface area (Å²) in [6, 6.07) is 9.61. The van der Waals surface area contributed by atoms with Crippen LogP contribution in [0.5, 0.6) is 5.75 Å². The Bertz CT molecular complexity index is 874. The maximum absolute atomic E-state index is 14.3. The number of benzene rings is 2. The second kappa shape index (κ2) is 8.37. The van der Waals surface area contributed by atoms with Crippen molar-refractivity contribution in [2.24, 2.45) is 11.8 Å². The summed E-state index contributed by atoms with van der Waals surface area (Å²) in [4.78, 5) is 25.9. The zero-order valence-electron chi connectivity index (χ0n) is 15.7. The number of piperidine rings is 1. The van der Waals surface area contributed by atoms with E-state index >= 15 is 0 Å². The van der Waals surface area contributed by atoms with E-state index in [4.69, 9.17) is 4.74 Å². The average molecular weight is 388 g/mol. The van der Waals surface area contributed by atoms with Gasteiger partial charge >= 0.3 is 6.03 Å². The van der Waals surface area contributed by atoms with Gasteiger partial charge in [-0.05, 0) is 29.8 Å². The van der Waals surface area contributed by atoms with Crippen LogP contribution < -0.4 is 10.1 Å². The zero-order chi connectivity index (χ0) is 20.3. The van der Waals surface area contributed by atoms with E-state index in [1.807, 2.05) is 0 Å². The van der Waals surface area contributed by atoms with Crippen LogP contribution in [0.15, 0.2) is 42.5 Å². The van der Waals surface area contributed by atoms with Crippen LogP contribution in [0.3, 0.4) is 0 Å². The van der Waals surface area contributed by atoms with Crippen molar-refractivity contribution in [3.63, 3.8) is 0 Å². The van der Waals surface area contributed by atoms with Crippen molar-refractivity contribution >= 4 is 17.5 Å². The average Bonchev–Trinajstić information content (AvgIpc) is 2.65. The van der Waals surface area contributed by atoms with Crippen LogP contribution in [0.1, 0.15) is 19.4 Å². The van der Waals surface area contributed by atoms with E-state index < -0.39 is 5.82 Å². The summed E-state index contributed by atoms with van der Waals surface area (Å²) in [7, 11) is 0. The molecule has 0 radical (unpaired) electrons. The van der Waals surface area contributed by atoms with E-state index in [0.717, 1.165) is 0 Å². The molecule has 28 heavy (non-hydrogen) atoms. The highest BCUT2D eigenvalue weighted by molar-refractivity contribution is 5.92. The van der Waals surface area contributed by atoms with Gasteiger partial charge in [0.15, 0.2) is 11.6 Å². The highest BCUT2D eigenvalue weighted by Crippen LogP contribution is 2.24. The van der Waals surface area contributed by atoms with E-state index in [2.05, 4.69) is 5.32 Å². The molecule has 0 bridgehead atoms. The number of carbonyl (C=O) groups excluding carboxylic acids is 2. The topological polar surface area (TPSA) is 58.6 Å². The van der Waals surface area contributed by atoms with E-state index in [1.54, 1.807) is 30.9 Å². The number of rotatable bonds is 4. The first-order chi connectivity index (χ1) is 13.3. The summed E-state index contributed by atoms with van der Waals surface area (Å²) in [5, 5.41) is 2.65. The molecule has 0 unspecified atom stereocenters. The number of ether oxygens (including phenoxy) is 1. The Morgan fingerprint density at radius 2 is 1.86 bits per heavy atom. The molecule has 0 saturated carbocycles. The molecule has 2 amide bonds. The zero-order valence-corrected chi connectivity index (χ0v) is 15.7. The lowest BCUT2D eigenvalue weighted by Crippen LogP contribution is -2.49. The molecule has 3 rings (SSSR count). The van der Waals surface area contributed by atoms with Crippen LogP contribution >= 0.6 is 0 Å². The fourth-order valence-electron chi connectivity index (χ4n) is 3.25. The van der Waals surface area contributed by atoms with Crippen molar-refractivity contribution in [2.75, 3.05) is 18.4 Å². The van der Waals surface area contributed by atoms with Gasteiger partial charge in [-0.1, -0.05) is 26.0 Å². The lowest BCUT2D eigenvalue weighted by atomic mass is 9.90. The van der Waals surface area contributed by atoms with Gasteiger partial charge in [-0.25, -0.2) is 13.6 Å². The number of amides is 2. The number of nitrogens with one attached hydrogen (secondary N) is 1. The summed E-state index contributed by atoms with van der Waals surface area (Å²) in [5.74, 6) is -1.30. The minimum Gasteiger partial charge on any atom is -0.486 e. The normalized spacial score (nSPS) is 19.4. The third kappa shape index (κ3) is 4.65. The molecule has 1 fully saturated rings. The highest BCUT2D eigenvalue weighted by atomic mass is 19.1. The molecule has 7 heteroatoms. The van der Waals surface area contributed by atoms with Crippen LogP contribution in [-0.2, 0) is 11.4 Å². The number of hydrogen-bond acceptors (Lipinski definition) is 3. The molecule has 0 aliphatic carbocycles. The highest BCUT2D eigenvalue weighted by Gasteiger charge is 2.32. The summed E-state index contributed by atoms with van der Waals surface area (Å²) < 4.78 is 32.9. The monoisotopic (exact) mass is 388 g/mol. The SMILES string of the molecule is C[C@@H]1CN(C(=O)Nc2ccc(OCc3cccc(F)c3)c(F)c2)C[C@@H](C)C1=O. The molecule has 0 spiro atoms. The summed E-state index contributed by atoms with van der Waals surface area (Å²) in [6.07, 6.45) is 0. The van der Waals surface area contributed by atoms with Crippen LogP contribution in [-0.4, -0.2) is 29.8 Å². The minimum absolute atomic E-state index is 0.00748. The number of anilines is 1. The van der Waals surface area contributed by atoms with Crippen molar-refractivity contribution < 1.29 is 23.1 Å². The van der Waals surface area contributed by atoms with Gasteiger partial charge in [-0.15, -0.1) is 0 Å². The third-order valence-electron chi connectivity index (χ3n) is 4.71. The molecule has 1 saturated heterocycles. The smallest absolute Gasteiger partial charge is 0.321 e. The second-order valence-electron chi connectivity index (χ2n) is 7.10. The maximum Gasteiger partial charge on any atom is 0.321 e. The number of hydrogen-bond donors (Lipinski definition) is 1. The first-order valence-corrected chi connectivity index (χ1v) is 9.10. The van der Waals surface area contributed by atoms with E-state index in [1.165, 1.54) is 30.3 Å². The molecular weight excluding hydrogens is 366 g/mol. The summed E-state index contributed by atoms with van der Waals surface area (Å²) in [5.41, 5.74) is 0.873. The van der Waals surface area contributed by atoms with Gasteiger partial charge in [-0.2, -0.15) is 0 Å². The molecule has 5 nitrogen and oxygen atoms in total. The Kier molecular flexibility index (Phi) is 5.92.